The summed E-state index contributed by atoms with van der Waals surface area (Å²) in [5, 5.41) is 3.14. The number of likely N-dealkylation sites (N-methyl/N-ethyl adjacent to an activating group) is 1. The van der Waals surface area contributed by atoms with E-state index < -0.39 is 28.5 Å². The van der Waals surface area contributed by atoms with Gasteiger partial charge in [0, 0.05) is 24.2 Å². The lowest BCUT2D eigenvalue weighted by molar-refractivity contribution is -0.139. The van der Waals surface area contributed by atoms with Gasteiger partial charge in [-0.2, -0.15) is 0 Å². The van der Waals surface area contributed by atoms with Gasteiger partial charge in [-0.05, 0) is 37.6 Å². The molecular weight excluding hydrogens is 470 g/mol. The molecule has 0 radical (unpaired) electrons. The lowest BCUT2D eigenvalue weighted by Gasteiger charge is -2.31. The molecule has 0 fully saturated rings. The van der Waals surface area contributed by atoms with Gasteiger partial charge in [0.15, 0.2) is 11.5 Å². The van der Waals surface area contributed by atoms with Gasteiger partial charge in [-0.1, -0.05) is 29.8 Å². The summed E-state index contributed by atoms with van der Waals surface area (Å²) >= 11 is 6.28. The number of nitrogens with zero attached hydrogens (tertiary/aromatic N) is 2. The molecule has 9 nitrogen and oxygen atoms in total. The number of fused-ring (bicyclic) bond motifs is 1. The third kappa shape index (κ3) is 5.88. The van der Waals surface area contributed by atoms with Gasteiger partial charge in [-0.3, -0.25) is 13.9 Å². The zero-order chi connectivity index (χ0) is 24.2. The number of ether oxygens (including phenoxy) is 2. The number of benzene rings is 2. The van der Waals surface area contributed by atoms with Crippen LogP contribution in [0.4, 0.5) is 5.69 Å². The molecule has 1 aliphatic rings. The summed E-state index contributed by atoms with van der Waals surface area (Å²) in [6, 6.07) is 10.7. The van der Waals surface area contributed by atoms with Crippen molar-refractivity contribution in [1.82, 2.24) is 10.2 Å². The quantitative estimate of drug-likeness (QED) is 0.572. The average Bonchev–Trinajstić information content (AvgIpc) is 3.23. The second-order valence-electron chi connectivity index (χ2n) is 7.49. The highest BCUT2D eigenvalue weighted by atomic mass is 35.5. The van der Waals surface area contributed by atoms with Crippen LogP contribution in [0.3, 0.4) is 0 Å². The van der Waals surface area contributed by atoms with Crippen LogP contribution in [0.25, 0.3) is 0 Å². The number of carbonyl (C=O) groups is 2. The minimum atomic E-state index is -3.84. The molecule has 3 rings (SSSR count). The lowest BCUT2D eigenvalue weighted by atomic mass is 10.1. The first-order valence-electron chi connectivity index (χ1n) is 10.3. The molecule has 0 aliphatic carbocycles. The van der Waals surface area contributed by atoms with Crippen LogP contribution in [0, 0.1) is 0 Å². The van der Waals surface area contributed by atoms with E-state index in [4.69, 9.17) is 21.1 Å². The largest absolute Gasteiger partial charge is 0.454 e. The van der Waals surface area contributed by atoms with Crippen molar-refractivity contribution in [3.05, 3.63) is 53.1 Å². The molecule has 2 aromatic carbocycles. The number of amides is 2. The summed E-state index contributed by atoms with van der Waals surface area (Å²) in [5.41, 5.74) is 0.885. The zero-order valence-electron chi connectivity index (χ0n) is 18.6. The number of nitrogens with one attached hydrogen (secondary N) is 1. The van der Waals surface area contributed by atoms with E-state index in [9.17, 15) is 18.0 Å². The summed E-state index contributed by atoms with van der Waals surface area (Å²) < 4.78 is 36.8. The predicted octanol–water partition coefficient (Wildman–Crippen LogP) is 2.39. The fourth-order valence-electron chi connectivity index (χ4n) is 3.37. The van der Waals surface area contributed by atoms with E-state index in [2.05, 4.69) is 5.32 Å². The normalized spacial score (nSPS) is 13.3. The highest BCUT2D eigenvalue weighted by Gasteiger charge is 2.31. The second kappa shape index (κ2) is 10.3. The van der Waals surface area contributed by atoms with Crippen LogP contribution in [0.5, 0.6) is 11.5 Å². The van der Waals surface area contributed by atoms with Gasteiger partial charge in [0.05, 0.1) is 11.9 Å². The topological polar surface area (TPSA) is 105 Å². The van der Waals surface area contributed by atoms with Gasteiger partial charge in [0.2, 0.25) is 28.6 Å². The number of carbonyl (C=O) groups excluding carboxylic acids is 2. The summed E-state index contributed by atoms with van der Waals surface area (Å²) in [4.78, 5) is 27.3. The van der Waals surface area contributed by atoms with Crippen molar-refractivity contribution in [1.29, 1.82) is 0 Å². The third-order valence-corrected chi connectivity index (χ3v) is 6.65. The van der Waals surface area contributed by atoms with Crippen molar-refractivity contribution in [2.75, 3.05) is 30.4 Å². The second-order valence-corrected chi connectivity index (χ2v) is 9.80. The maximum atomic E-state index is 13.4. The van der Waals surface area contributed by atoms with Gasteiger partial charge >= 0.3 is 0 Å². The van der Waals surface area contributed by atoms with Gasteiger partial charge in [-0.15, -0.1) is 0 Å². The maximum absolute atomic E-state index is 13.4. The molecule has 33 heavy (non-hydrogen) atoms. The Kier molecular flexibility index (Phi) is 7.70. The van der Waals surface area contributed by atoms with Crippen LogP contribution >= 0.6 is 11.6 Å². The van der Waals surface area contributed by atoms with Crippen molar-refractivity contribution in [3.8, 4) is 11.5 Å². The molecule has 1 atom stereocenters. The molecule has 0 aromatic heterocycles. The van der Waals surface area contributed by atoms with Gasteiger partial charge in [-0.25, -0.2) is 8.42 Å². The van der Waals surface area contributed by atoms with E-state index in [0.717, 1.165) is 10.6 Å². The molecule has 0 bridgehead atoms. The smallest absolute Gasteiger partial charge is 0.244 e. The Morgan fingerprint density at radius 1 is 1.15 bits per heavy atom. The SMILES string of the molecule is CCNC(=O)C(C)N(Cc1ccccc1Cl)C(=O)CN(c1ccc2c(c1)OCO2)S(C)(=O)=O. The highest BCUT2D eigenvalue weighted by Crippen LogP contribution is 2.36. The fraction of sp³-hybridized carbons (Fsp3) is 0.364. The Labute approximate surface area is 198 Å². The molecule has 1 N–H and O–H groups in total. The molecule has 0 spiro atoms. The zero-order valence-corrected chi connectivity index (χ0v) is 20.1. The Balaban J connectivity index is 1.92. The molecule has 0 saturated heterocycles. The van der Waals surface area contributed by atoms with Crippen LogP contribution in [0.15, 0.2) is 42.5 Å². The average molecular weight is 496 g/mol. The molecule has 2 aromatic rings. The molecule has 1 heterocycles. The Morgan fingerprint density at radius 3 is 2.52 bits per heavy atom. The Morgan fingerprint density at radius 2 is 1.85 bits per heavy atom. The maximum Gasteiger partial charge on any atom is 0.244 e. The molecule has 1 unspecified atom stereocenters. The summed E-state index contributed by atoms with van der Waals surface area (Å²) in [5.74, 6) is -0.0374. The number of hydrogen-bond acceptors (Lipinski definition) is 6. The van der Waals surface area contributed by atoms with Crippen LogP contribution in [-0.4, -0.2) is 57.3 Å². The molecule has 11 heteroatoms. The highest BCUT2D eigenvalue weighted by molar-refractivity contribution is 7.92. The van der Waals surface area contributed by atoms with Crippen LogP contribution in [-0.2, 0) is 26.2 Å². The molecule has 1 aliphatic heterocycles. The van der Waals surface area contributed by atoms with Crippen molar-refractivity contribution in [2.24, 2.45) is 0 Å². The minimum Gasteiger partial charge on any atom is -0.454 e. The summed E-state index contributed by atoms with van der Waals surface area (Å²) in [6.45, 7) is 3.32. The number of sulfonamides is 1. The van der Waals surface area contributed by atoms with E-state index in [1.165, 1.54) is 17.0 Å². The van der Waals surface area contributed by atoms with Crippen LogP contribution < -0.4 is 19.1 Å². The van der Waals surface area contributed by atoms with Crippen LogP contribution in [0.1, 0.15) is 19.4 Å². The van der Waals surface area contributed by atoms with Crippen molar-refractivity contribution < 1.29 is 27.5 Å². The summed E-state index contributed by atoms with van der Waals surface area (Å²) in [6.07, 6.45) is 1.01. The monoisotopic (exact) mass is 495 g/mol. The van der Waals surface area contributed by atoms with Crippen molar-refractivity contribution in [2.45, 2.75) is 26.4 Å². The van der Waals surface area contributed by atoms with E-state index >= 15 is 0 Å². The van der Waals surface area contributed by atoms with Gasteiger partial charge in [0.1, 0.15) is 12.6 Å². The predicted molar refractivity (Wildman–Crippen MR) is 125 cm³/mol. The van der Waals surface area contributed by atoms with Crippen molar-refractivity contribution in [3.63, 3.8) is 0 Å². The first kappa shape index (κ1) is 24.7. The van der Waals surface area contributed by atoms with Gasteiger partial charge in [0.25, 0.3) is 0 Å². The number of hydrogen-bond donors (Lipinski definition) is 1. The lowest BCUT2D eigenvalue weighted by Crippen LogP contribution is -2.51. The molecule has 2 amide bonds. The van der Waals surface area contributed by atoms with Crippen LogP contribution in [0.2, 0.25) is 5.02 Å². The number of anilines is 1. The van der Waals surface area contributed by atoms with E-state index in [1.54, 1.807) is 44.2 Å². The number of rotatable bonds is 9. The minimum absolute atomic E-state index is 0.0340. The first-order valence-corrected chi connectivity index (χ1v) is 12.5. The third-order valence-electron chi connectivity index (χ3n) is 5.14. The molecular formula is C22H26ClN3O6S. The van der Waals surface area contributed by atoms with E-state index in [0.29, 0.717) is 28.6 Å². The number of halogens is 1. The fourth-order valence-corrected chi connectivity index (χ4v) is 4.41. The Hall–Kier alpha value is -2.98. The van der Waals surface area contributed by atoms with E-state index in [-0.39, 0.29) is 24.9 Å². The van der Waals surface area contributed by atoms with Crippen molar-refractivity contribution >= 4 is 39.1 Å². The Bertz CT molecular complexity index is 1140. The van der Waals surface area contributed by atoms with E-state index in [1.807, 2.05) is 0 Å². The van der Waals surface area contributed by atoms with Gasteiger partial charge < -0.3 is 19.7 Å². The summed E-state index contributed by atoms with van der Waals surface area (Å²) in [7, 11) is -3.84. The first-order chi connectivity index (χ1) is 15.6. The molecule has 0 saturated carbocycles. The molecule has 178 valence electrons. The standard InChI is InChI=1S/C22H26ClN3O6S/c1-4-24-22(28)15(2)25(12-16-7-5-6-8-18(16)23)21(27)13-26(33(3,29)30)17-9-10-19-20(11-17)32-14-31-19/h5-11,15H,4,12-14H2,1-3H3,(H,24,28).